The minimum Gasteiger partial charge on any atom is -0.325 e. The van der Waals surface area contributed by atoms with Crippen LogP contribution in [0.15, 0.2) is 60.0 Å². The van der Waals surface area contributed by atoms with Gasteiger partial charge in [0, 0.05) is 11.4 Å². The van der Waals surface area contributed by atoms with Gasteiger partial charge in [-0.05, 0) is 36.6 Å². The van der Waals surface area contributed by atoms with Gasteiger partial charge >= 0.3 is 0 Å². The summed E-state index contributed by atoms with van der Waals surface area (Å²) in [4.78, 5) is 12.4. The van der Waals surface area contributed by atoms with Gasteiger partial charge in [0.15, 0.2) is 5.16 Å². The van der Waals surface area contributed by atoms with Gasteiger partial charge in [-0.2, -0.15) is 0 Å². The molecule has 0 aliphatic heterocycles. The Morgan fingerprint density at radius 1 is 1.15 bits per heavy atom. The van der Waals surface area contributed by atoms with Gasteiger partial charge in [0.25, 0.3) is 0 Å². The molecule has 1 amide bonds. The van der Waals surface area contributed by atoms with Crippen LogP contribution in [0.3, 0.4) is 0 Å². The first kappa shape index (κ1) is 18.2. The molecule has 1 aromatic heterocycles. The maximum absolute atomic E-state index is 12.4. The van der Waals surface area contributed by atoms with E-state index in [2.05, 4.69) is 29.4 Å². The van der Waals surface area contributed by atoms with Crippen molar-refractivity contribution in [2.45, 2.75) is 31.8 Å². The van der Waals surface area contributed by atoms with Crippen molar-refractivity contribution in [3.05, 3.63) is 66.0 Å². The molecule has 26 heavy (non-hydrogen) atoms. The lowest BCUT2D eigenvalue weighted by Crippen LogP contribution is -2.16. The fourth-order valence-corrected chi connectivity index (χ4v) is 3.36. The second-order valence-corrected chi connectivity index (χ2v) is 7.34. The highest BCUT2D eigenvalue weighted by atomic mass is 32.2. The van der Waals surface area contributed by atoms with E-state index in [0.717, 1.165) is 16.9 Å². The predicted molar refractivity (Wildman–Crippen MR) is 106 cm³/mol. The van der Waals surface area contributed by atoms with Crippen molar-refractivity contribution < 1.29 is 4.79 Å². The number of hydrogen-bond acceptors (Lipinski definition) is 4. The molecule has 3 rings (SSSR count). The van der Waals surface area contributed by atoms with E-state index in [4.69, 9.17) is 0 Å². The number of amides is 1. The summed E-state index contributed by atoms with van der Waals surface area (Å²) in [5, 5.41) is 11.8. The number of aryl methyl sites for hydroxylation is 1. The third-order valence-electron chi connectivity index (χ3n) is 4.02. The van der Waals surface area contributed by atoms with Crippen LogP contribution in [0.25, 0.3) is 5.69 Å². The third-order valence-corrected chi connectivity index (χ3v) is 4.96. The fraction of sp³-hybridized carbons (Fsp3) is 0.250. The summed E-state index contributed by atoms with van der Waals surface area (Å²) in [7, 11) is 0. The lowest BCUT2D eigenvalue weighted by Gasteiger charge is -2.13. The fourth-order valence-electron chi connectivity index (χ4n) is 2.64. The first-order chi connectivity index (χ1) is 12.5. The number of hydrogen-bond donors (Lipinski definition) is 1. The largest absolute Gasteiger partial charge is 0.325 e. The Hall–Kier alpha value is -2.60. The Labute approximate surface area is 157 Å². The number of thioether (sulfide) groups is 1. The number of aromatic nitrogens is 3. The molecule has 0 aliphatic carbocycles. The first-order valence-corrected chi connectivity index (χ1v) is 9.52. The third kappa shape index (κ3) is 4.32. The van der Waals surface area contributed by atoms with Crippen molar-refractivity contribution in [1.29, 1.82) is 0 Å². The van der Waals surface area contributed by atoms with Crippen LogP contribution in [0, 0.1) is 6.92 Å². The first-order valence-electron chi connectivity index (χ1n) is 8.53. The molecule has 5 nitrogen and oxygen atoms in total. The van der Waals surface area contributed by atoms with Gasteiger partial charge in [-0.3, -0.25) is 9.36 Å². The molecule has 0 atom stereocenters. The van der Waals surface area contributed by atoms with E-state index in [1.54, 1.807) is 6.33 Å². The van der Waals surface area contributed by atoms with Gasteiger partial charge in [-0.1, -0.05) is 61.5 Å². The summed E-state index contributed by atoms with van der Waals surface area (Å²) in [6.45, 7) is 6.28. The van der Waals surface area contributed by atoms with Crippen molar-refractivity contribution in [2.24, 2.45) is 0 Å². The molecule has 0 aliphatic rings. The van der Waals surface area contributed by atoms with Crippen LogP contribution in [-0.2, 0) is 4.79 Å². The van der Waals surface area contributed by atoms with E-state index < -0.39 is 0 Å². The van der Waals surface area contributed by atoms with E-state index in [1.807, 2.05) is 60.0 Å². The minimum absolute atomic E-state index is 0.0541. The molecule has 0 radical (unpaired) electrons. The van der Waals surface area contributed by atoms with Gasteiger partial charge in [0.1, 0.15) is 6.33 Å². The molecule has 134 valence electrons. The Kier molecular flexibility index (Phi) is 5.73. The maximum Gasteiger partial charge on any atom is 0.234 e. The van der Waals surface area contributed by atoms with Gasteiger partial charge in [0.2, 0.25) is 5.91 Å². The smallest absolute Gasteiger partial charge is 0.234 e. The van der Waals surface area contributed by atoms with Crippen LogP contribution < -0.4 is 5.32 Å². The Morgan fingerprint density at radius 3 is 2.62 bits per heavy atom. The lowest BCUT2D eigenvalue weighted by molar-refractivity contribution is -0.113. The molecule has 1 heterocycles. The number of benzene rings is 2. The van der Waals surface area contributed by atoms with Crippen molar-refractivity contribution in [1.82, 2.24) is 14.8 Å². The molecular formula is C20H22N4OS. The molecule has 0 unspecified atom stereocenters. The zero-order chi connectivity index (χ0) is 18.5. The van der Waals surface area contributed by atoms with Crippen LogP contribution in [0.2, 0.25) is 0 Å². The molecule has 3 aromatic rings. The molecular weight excluding hydrogens is 344 g/mol. The van der Waals surface area contributed by atoms with Crippen LogP contribution in [0.5, 0.6) is 0 Å². The van der Waals surface area contributed by atoms with E-state index in [9.17, 15) is 4.79 Å². The van der Waals surface area contributed by atoms with Gasteiger partial charge in [0.05, 0.1) is 5.75 Å². The van der Waals surface area contributed by atoms with Crippen LogP contribution in [0.1, 0.15) is 30.9 Å². The van der Waals surface area contributed by atoms with Crippen molar-refractivity contribution >= 4 is 23.4 Å². The molecule has 0 saturated carbocycles. The monoisotopic (exact) mass is 366 g/mol. The Bertz CT molecular complexity index is 887. The summed E-state index contributed by atoms with van der Waals surface area (Å²) in [5.74, 6) is 0.571. The number of nitrogens with one attached hydrogen (secondary N) is 1. The molecule has 0 fully saturated rings. The van der Waals surface area contributed by atoms with Crippen molar-refractivity contribution in [2.75, 3.05) is 11.1 Å². The number of rotatable bonds is 6. The molecule has 6 heteroatoms. The molecule has 2 aromatic carbocycles. The average molecular weight is 366 g/mol. The predicted octanol–water partition coefficient (Wildman–Crippen LogP) is 4.43. The van der Waals surface area contributed by atoms with Gasteiger partial charge in [-0.25, -0.2) is 0 Å². The summed E-state index contributed by atoms with van der Waals surface area (Å²) in [5.41, 5.74) is 4.18. The summed E-state index contributed by atoms with van der Waals surface area (Å²) < 4.78 is 1.89. The summed E-state index contributed by atoms with van der Waals surface area (Å²) in [6.07, 6.45) is 1.67. The summed E-state index contributed by atoms with van der Waals surface area (Å²) in [6, 6.07) is 16.0. The summed E-state index contributed by atoms with van der Waals surface area (Å²) >= 11 is 1.37. The number of anilines is 1. The number of carbonyl (C=O) groups excluding carboxylic acids is 1. The minimum atomic E-state index is -0.0541. The SMILES string of the molecule is Cc1ccc(-n2cnnc2SCC(=O)Nc2ccccc2C(C)C)cc1. The van der Waals surface area contributed by atoms with E-state index in [0.29, 0.717) is 11.1 Å². The van der Waals surface area contributed by atoms with E-state index in [1.165, 1.54) is 17.3 Å². The number of carbonyl (C=O) groups is 1. The lowest BCUT2D eigenvalue weighted by atomic mass is 10.0. The maximum atomic E-state index is 12.4. The molecule has 0 saturated heterocycles. The highest BCUT2D eigenvalue weighted by Crippen LogP contribution is 2.25. The van der Waals surface area contributed by atoms with Crippen LogP contribution in [0.4, 0.5) is 5.69 Å². The van der Waals surface area contributed by atoms with E-state index >= 15 is 0 Å². The Balaban J connectivity index is 1.66. The normalized spacial score (nSPS) is 10.9. The number of para-hydroxylation sites is 1. The molecule has 0 spiro atoms. The zero-order valence-corrected chi connectivity index (χ0v) is 16.0. The second-order valence-electron chi connectivity index (χ2n) is 6.40. The van der Waals surface area contributed by atoms with E-state index in [-0.39, 0.29) is 11.7 Å². The molecule has 0 bridgehead atoms. The Morgan fingerprint density at radius 2 is 1.88 bits per heavy atom. The van der Waals surface area contributed by atoms with Crippen molar-refractivity contribution in [3.63, 3.8) is 0 Å². The highest BCUT2D eigenvalue weighted by Gasteiger charge is 2.12. The van der Waals surface area contributed by atoms with Crippen molar-refractivity contribution in [3.8, 4) is 5.69 Å². The van der Waals surface area contributed by atoms with Gasteiger partial charge < -0.3 is 5.32 Å². The zero-order valence-electron chi connectivity index (χ0n) is 15.1. The second kappa shape index (κ2) is 8.19. The van der Waals surface area contributed by atoms with Gasteiger partial charge in [-0.15, -0.1) is 10.2 Å². The highest BCUT2D eigenvalue weighted by molar-refractivity contribution is 7.99. The topological polar surface area (TPSA) is 59.8 Å². The standard InChI is InChI=1S/C20H22N4OS/c1-14(2)17-6-4-5-7-18(17)22-19(25)12-26-20-23-21-13-24(20)16-10-8-15(3)9-11-16/h4-11,13-14H,12H2,1-3H3,(H,22,25). The quantitative estimate of drug-likeness (QED) is 0.656. The number of nitrogens with zero attached hydrogens (tertiary/aromatic N) is 3. The average Bonchev–Trinajstić information content (AvgIpc) is 3.09. The molecule has 1 N–H and O–H groups in total. The van der Waals surface area contributed by atoms with Crippen LogP contribution >= 0.6 is 11.8 Å². The van der Waals surface area contributed by atoms with Crippen LogP contribution in [-0.4, -0.2) is 26.4 Å².